The number of ether oxygens (including phenoxy) is 1. The van der Waals surface area contributed by atoms with Gasteiger partial charge in [0.05, 0.1) is 18.8 Å². The van der Waals surface area contributed by atoms with Gasteiger partial charge in [-0.2, -0.15) is 0 Å². The molecule has 7 nitrogen and oxygen atoms in total. The Morgan fingerprint density at radius 3 is 2.69 bits per heavy atom. The topological polar surface area (TPSA) is 59.5 Å². The summed E-state index contributed by atoms with van der Waals surface area (Å²) in [6, 6.07) is 8.83. The maximum absolute atomic E-state index is 12.4. The van der Waals surface area contributed by atoms with Crippen molar-refractivity contribution in [1.82, 2.24) is 14.7 Å². The average Bonchev–Trinajstić information content (AvgIpc) is 2.74. The van der Waals surface area contributed by atoms with Gasteiger partial charge in [0.1, 0.15) is 0 Å². The minimum Gasteiger partial charge on any atom is -0.389 e. The molecule has 160 valence electrons. The van der Waals surface area contributed by atoms with Gasteiger partial charge in [-0.1, -0.05) is 12.1 Å². The molecule has 0 aromatic heterocycles. The van der Waals surface area contributed by atoms with Crippen molar-refractivity contribution in [2.45, 2.75) is 25.0 Å². The fourth-order valence-electron chi connectivity index (χ4n) is 4.90. The van der Waals surface area contributed by atoms with Crippen LogP contribution in [0, 0.1) is 5.92 Å². The zero-order chi connectivity index (χ0) is 20.4. The Balaban J connectivity index is 1.40. The Labute approximate surface area is 173 Å². The number of amides is 2. The molecule has 0 unspecified atom stereocenters. The second-order valence-corrected chi connectivity index (χ2v) is 8.93. The molecule has 4 rings (SSSR count). The van der Waals surface area contributed by atoms with Crippen molar-refractivity contribution < 1.29 is 14.6 Å². The molecule has 3 aliphatic heterocycles. The normalized spacial score (nSPS) is 28.2. The summed E-state index contributed by atoms with van der Waals surface area (Å²) in [5.41, 5.74) is 1.94. The largest absolute Gasteiger partial charge is 0.389 e. The Morgan fingerprint density at radius 2 is 1.93 bits per heavy atom. The molecule has 3 aliphatic rings. The summed E-state index contributed by atoms with van der Waals surface area (Å²) in [6.07, 6.45) is 1.46. The van der Waals surface area contributed by atoms with E-state index in [4.69, 9.17) is 4.74 Å². The minimum absolute atomic E-state index is 0.0439. The van der Waals surface area contributed by atoms with Gasteiger partial charge in [-0.15, -0.1) is 0 Å². The number of anilines is 1. The number of urea groups is 1. The maximum Gasteiger partial charge on any atom is 0.319 e. The first-order chi connectivity index (χ1) is 13.9. The van der Waals surface area contributed by atoms with E-state index in [1.165, 1.54) is 11.3 Å². The molecule has 1 aromatic carbocycles. The third-order valence-electron chi connectivity index (χ3n) is 6.70. The van der Waals surface area contributed by atoms with Gasteiger partial charge < -0.3 is 24.5 Å². The van der Waals surface area contributed by atoms with Crippen molar-refractivity contribution in [3.8, 4) is 0 Å². The highest BCUT2D eigenvalue weighted by Crippen LogP contribution is 2.36. The van der Waals surface area contributed by atoms with E-state index < -0.39 is 5.60 Å². The molecular formula is C22H34N4O3. The van der Waals surface area contributed by atoms with Gasteiger partial charge in [-0.05, 0) is 30.5 Å². The van der Waals surface area contributed by atoms with Gasteiger partial charge in [-0.25, -0.2) is 4.79 Å². The summed E-state index contributed by atoms with van der Waals surface area (Å²) in [5, 5.41) is 11.1. The lowest BCUT2D eigenvalue weighted by Gasteiger charge is -2.50. The number of rotatable bonds is 3. The number of likely N-dealkylation sites (tertiary alicyclic amines) is 2. The summed E-state index contributed by atoms with van der Waals surface area (Å²) in [5.74, 6) is 0.108. The Kier molecular flexibility index (Phi) is 5.99. The molecule has 29 heavy (non-hydrogen) atoms. The second-order valence-electron chi connectivity index (χ2n) is 8.93. The highest BCUT2D eigenvalue weighted by molar-refractivity contribution is 5.74. The number of morpholine rings is 1. The Morgan fingerprint density at radius 1 is 1.17 bits per heavy atom. The van der Waals surface area contributed by atoms with Crippen LogP contribution in [0.15, 0.2) is 24.3 Å². The smallest absolute Gasteiger partial charge is 0.319 e. The van der Waals surface area contributed by atoms with Gasteiger partial charge in [-0.3, -0.25) is 4.90 Å². The van der Waals surface area contributed by atoms with Crippen LogP contribution in [0.4, 0.5) is 10.5 Å². The number of fused-ring (bicyclic) bond motifs is 1. The first kappa shape index (κ1) is 20.4. The number of carbonyl (C=O) groups excluding carboxylic acids is 1. The summed E-state index contributed by atoms with van der Waals surface area (Å²) >= 11 is 0. The van der Waals surface area contributed by atoms with Crippen LogP contribution in [0.1, 0.15) is 18.4 Å². The summed E-state index contributed by atoms with van der Waals surface area (Å²) in [6.45, 7) is 7.36. The van der Waals surface area contributed by atoms with Crippen molar-refractivity contribution in [2.24, 2.45) is 5.92 Å². The van der Waals surface area contributed by atoms with Crippen LogP contribution >= 0.6 is 0 Å². The van der Waals surface area contributed by atoms with E-state index in [0.717, 1.165) is 52.4 Å². The molecule has 0 saturated carbocycles. The molecule has 0 spiro atoms. The number of benzene rings is 1. The molecule has 3 heterocycles. The van der Waals surface area contributed by atoms with Gasteiger partial charge in [0.25, 0.3) is 0 Å². The summed E-state index contributed by atoms with van der Waals surface area (Å²) in [7, 11) is 3.58. The Bertz CT molecular complexity index is 722. The fourth-order valence-corrected chi connectivity index (χ4v) is 4.90. The molecule has 1 N–H and O–H groups in total. The highest BCUT2D eigenvalue weighted by Gasteiger charge is 2.46. The maximum atomic E-state index is 12.4. The molecule has 3 saturated heterocycles. The minimum atomic E-state index is -0.630. The molecule has 0 bridgehead atoms. The van der Waals surface area contributed by atoms with E-state index in [1.807, 2.05) is 4.90 Å². The van der Waals surface area contributed by atoms with Gasteiger partial charge in [0.15, 0.2) is 0 Å². The van der Waals surface area contributed by atoms with Crippen molar-refractivity contribution in [2.75, 3.05) is 71.5 Å². The van der Waals surface area contributed by atoms with Crippen molar-refractivity contribution in [3.05, 3.63) is 29.8 Å². The number of hydrogen-bond donors (Lipinski definition) is 1. The monoisotopic (exact) mass is 402 g/mol. The molecule has 2 atom stereocenters. The summed E-state index contributed by atoms with van der Waals surface area (Å²) < 4.78 is 5.47. The predicted molar refractivity (Wildman–Crippen MR) is 113 cm³/mol. The number of piperidine rings is 2. The van der Waals surface area contributed by atoms with E-state index in [9.17, 15) is 9.90 Å². The molecule has 0 radical (unpaired) electrons. The number of aliphatic hydroxyl groups is 1. The molecule has 2 amide bonds. The van der Waals surface area contributed by atoms with Crippen LogP contribution in [-0.2, 0) is 11.3 Å². The van der Waals surface area contributed by atoms with Crippen LogP contribution in [0.3, 0.4) is 0 Å². The SMILES string of the molecule is CN(C)C(=O)N1CC[C@@]2(O)CCN(Cc3cccc(N4CCOCC4)c3)C[C@H]2C1. The van der Waals surface area contributed by atoms with E-state index in [2.05, 4.69) is 34.1 Å². The zero-order valence-electron chi connectivity index (χ0n) is 17.7. The summed E-state index contributed by atoms with van der Waals surface area (Å²) in [4.78, 5) is 20.7. The van der Waals surface area contributed by atoms with Crippen molar-refractivity contribution in [1.29, 1.82) is 0 Å². The van der Waals surface area contributed by atoms with Crippen molar-refractivity contribution >= 4 is 11.7 Å². The molecule has 0 aliphatic carbocycles. The fraction of sp³-hybridized carbons (Fsp3) is 0.682. The van der Waals surface area contributed by atoms with Crippen LogP contribution in [0.2, 0.25) is 0 Å². The lowest BCUT2D eigenvalue weighted by molar-refractivity contribution is -0.108. The lowest BCUT2D eigenvalue weighted by atomic mass is 9.75. The van der Waals surface area contributed by atoms with E-state index in [0.29, 0.717) is 19.5 Å². The average molecular weight is 403 g/mol. The predicted octanol–water partition coefficient (Wildman–Crippen LogP) is 1.46. The number of carbonyl (C=O) groups is 1. The third-order valence-corrected chi connectivity index (χ3v) is 6.70. The molecule has 7 heteroatoms. The van der Waals surface area contributed by atoms with Crippen LogP contribution in [0.5, 0.6) is 0 Å². The van der Waals surface area contributed by atoms with Crippen LogP contribution in [0.25, 0.3) is 0 Å². The Hall–Kier alpha value is -1.83. The standard InChI is InChI=1S/C22H34N4O3/c1-23(2)21(27)26-9-7-22(28)6-8-24(16-19(22)17-26)15-18-4-3-5-20(14-18)25-10-12-29-13-11-25/h3-5,14,19,28H,6-13,15-17H2,1-2H3/t19-,22-/m0/s1. The zero-order valence-corrected chi connectivity index (χ0v) is 17.7. The second kappa shape index (κ2) is 8.50. The van der Waals surface area contributed by atoms with Crippen molar-refractivity contribution in [3.63, 3.8) is 0 Å². The van der Waals surface area contributed by atoms with E-state index in [1.54, 1.807) is 19.0 Å². The molecule has 1 aromatic rings. The number of nitrogens with zero attached hydrogens (tertiary/aromatic N) is 4. The quantitative estimate of drug-likeness (QED) is 0.830. The van der Waals surface area contributed by atoms with Gasteiger partial charge in [0, 0.05) is 71.5 Å². The van der Waals surface area contributed by atoms with Crippen LogP contribution < -0.4 is 4.90 Å². The van der Waals surface area contributed by atoms with Gasteiger partial charge >= 0.3 is 6.03 Å². The van der Waals surface area contributed by atoms with E-state index in [-0.39, 0.29) is 11.9 Å². The first-order valence-electron chi connectivity index (χ1n) is 10.8. The highest BCUT2D eigenvalue weighted by atomic mass is 16.5. The molecule has 3 fully saturated rings. The van der Waals surface area contributed by atoms with Crippen LogP contribution in [-0.4, -0.2) is 98.0 Å². The molecular weight excluding hydrogens is 368 g/mol. The first-order valence-corrected chi connectivity index (χ1v) is 10.8. The van der Waals surface area contributed by atoms with Gasteiger partial charge in [0.2, 0.25) is 0 Å². The number of hydrogen-bond acceptors (Lipinski definition) is 5. The lowest BCUT2D eigenvalue weighted by Crippen LogP contribution is -2.61. The third kappa shape index (κ3) is 4.52. The van der Waals surface area contributed by atoms with E-state index >= 15 is 0 Å².